The van der Waals surface area contributed by atoms with Crippen LogP contribution < -0.4 is 10.1 Å². The van der Waals surface area contributed by atoms with Gasteiger partial charge in [-0.2, -0.15) is 0 Å². The standard InChI is InChI=1S/C15H16N4O2/c20-8-9-21-14-4-2-12(3-5-14)17-10-13-11-18-15-16-6-1-7-19(13)15/h1-7,11,17,20H,8-10H2. The molecular formula is C15H16N4O2. The van der Waals surface area contributed by atoms with Crippen molar-refractivity contribution in [1.29, 1.82) is 0 Å². The van der Waals surface area contributed by atoms with Crippen molar-refractivity contribution in [3.05, 3.63) is 54.6 Å². The summed E-state index contributed by atoms with van der Waals surface area (Å²) in [6.45, 7) is 0.980. The Bertz CT molecular complexity index is 709. The van der Waals surface area contributed by atoms with Gasteiger partial charge in [0, 0.05) is 18.1 Å². The smallest absolute Gasteiger partial charge is 0.233 e. The normalized spacial score (nSPS) is 10.7. The Morgan fingerprint density at radius 2 is 2.05 bits per heavy atom. The van der Waals surface area contributed by atoms with E-state index in [9.17, 15) is 0 Å². The van der Waals surface area contributed by atoms with Gasteiger partial charge < -0.3 is 15.2 Å². The van der Waals surface area contributed by atoms with Crippen LogP contribution in [0.4, 0.5) is 5.69 Å². The van der Waals surface area contributed by atoms with Crippen LogP contribution in [0.5, 0.6) is 5.75 Å². The van der Waals surface area contributed by atoms with Gasteiger partial charge in [0.05, 0.1) is 25.0 Å². The molecule has 0 saturated carbocycles. The zero-order valence-electron chi connectivity index (χ0n) is 11.4. The molecule has 21 heavy (non-hydrogen) atoms. The predicted molar refractivity (Wildman–Crippen MR) is 79.3 cm³/mol. The van der Waals surface area contributed by atoms with Gasteiger partial charge in [0.15, 0.2) is 0 Å². The van der Waals surface area contributed by atoms with Crippen LogP contribution in [-0.2, 0) is 6.54 Å². The molecule has 0 amide bonds. The van der Waals surface area contributed by atoms with Crippen molar-refractivity contribution in [2.75, 3.05) is 18.5 Å². The molecule has 0 atom stereocenters. The average molecular weight is 284 g/mol. The van der Waals surface area contributed by atoms with Gasteiger partial charge in [-0.25, -0.2) is 9.97 Å². The van der Waals surface area contributed by atoms with E-state index in [1.54, 1.807) is 6.20 Å². The summed E-state index contributed by atoms with van der Waals surface area (Å²) in [5.74, 6) is 1.44. The number of hydrogen-bond donors (Lipinski definition) is 2. The van der Waals surface area contributed by atoms with Crippen LogP contribution >= 0.6 is 0 Å². The van der Waals surface area contributed by atoms with E-state index in [-0.39, 0.29) is 6.61 Å². The van der Waals surface area contributed by atoms with Gasteiger partial charge in [-0.05, 0) is 30.3 Å². The molecule has 0 saturated heterocycles. The fourth-order valence-electron chi connectivity index (χ4n) is 2.03. The van der Waals surface area contributed by atoms with Crippen molar-refractivity contribution >= 4 is 11.5 Å². The highest BCUT2D eigenvalue weighted by Crippen LogP contribution is 2.16. The van der Waals surface area contributed by atoms with Gasteiger partial charge in [0.25, 0.3) is 0 Å². The highest BCUT2D eigenvalue weighted by Gasteiger charge is 2.03. The molecule has 0 fully saturated rings. The van der Waals surface area contributed by atoms with Crippen LogP contribution in [-0.4, -0.2) is 32.7 Å². The predicted octanol–water partition coefficient (Wildman–Crippen LogP) is 1.71. The fraction of sp³-hybridized carbons (Fsp3) is 0.200. The minimum Gasteiger partial charge on any atom is -0.491 e. The first-order valence-corrected chi connectivity index (χ1v) is 6.71. The van der Waals surface area contributed by atoms with E-state index in [1.165, 1.54) is 0 Å². The van der Waals surface area contributed by atoms with E-state index in [1.807, 2.05) is 47.1 Å². The molecule has 0 aliphatic carbocycles. The van der Waals surface area contributed by atoms with Crippen molar-refractivity contribution in [3.8, 4) is 5.75 Å². The number of anilines is 1. The first-order chi connectivity index (χ1) is 10.4. The van der Waals surface area contributed by atoms with Gasteiger partial charge >= 0.3 is 0 Å². The second kappa shape index (κ2) is 6.23. The highest BCUT2D eigenvalue weighted by atomic mass is 16.5. The molecular weight excluding hydrogens is 268 g/mol. The number of aliphatic hydroxyl groups excluding tert-OH is 1. The van der Waals surface area contributed by atoms with Crippen molar-refractivity contribution < 1.29 is 9.84 Å². The van der Waals surface area contributed by atoms with Crippen molar-refractivity contribution in [1.82, 2.24) is 14.4 Å². The monoisotopic (exact) mass is 284 g/mol. The molecule has 3 rings (SSSR count). The van der Waals surface area contributed by atoms with Crippen LogP contribution in [0.15, 0.2) is 48.9 Å². The maximum atomic E-state index is 8.71. The summed E-state index contributed by atoms with van der Waals surface area (Å²) in [5, 5.41) is 12.0. The molecule has 108 valence electrons. The van der Waals surface area contributed by atoms with Crippen LogP contribution in [0, 0.1) is 0 Å². The summed E-state index contributed by atoms with van der Waals surface area (Å²) in [5.41, 5.74) is 2.03. The Kier molecular flexibility index (Phi) is 3.97. The van der Waals surface area contributed by atoms with E-state index in [0.29, 0.717) is 18.9 Å². The quantitative estimate of drug-likeness (QED) is 0.721. The van der Waals surface area contributed by atoms with E-state index in [0.717, 1.165) is 17.1 Å². The summed E-state index contributed by atoms with van der Waals surface area (Å²) in [6.07, 6.45) is 5.48. The molecule has 3 aromatic rings. The Morgan fingerprint density at radius 3 is 2.86 bits per heavy atom. The molecule has 2 heterocycles. The number of imidazole rings is 1. The summed E-state index contributed by atoms with van der Waals surface area (Å²) >= 11 is 0. The number of nitrogens with one attached hydrogen (secondary N) is 1. The Hall–Kier alpha value is -2.60. The molecule has 0 bridgehead atoms. The zero-order chi connectivity index (χ0) is 14.5. The van der Waals surface area contributed by atoms with E-state index < -0.39 is 0 Å². The van der Waals surface area contributed by atoms with E-state index in [2.05, 4.69) is 15.3 Å². The maximum absolute atomic E-state index is 8.71. The molecule has 0 aliphatic heterocycles. The SMILES string of the molecule is OCCOc1ccc(NCc2cnc3ncccn23)cc1. The fourth-order valence-corrected chi connectivity index (χ4v) is 2.03. The molecule has 0 spiro atoms. The largest absolute Gasteiger partial charge is 0.491 e. The van der Waals surface area contributed by atoms with Crippen molar-refractivity contribution in [2.45, 2.75) is 6.54 Å². The minimum atomic E-state index is 0.0162. The summed E-state index contributed by atoms with van der Waals surface area (Å²) in [7, 11) is 0. The molecule has 0 aliphatic rings. The topological polar surface area (TPSA) is 71.7 Å². The number of benzene rings is 1. The van der Waals surface area contributed by atoms with E-state index >= 15 is 0 Å². The lowest BCUT2D eigenvalue weighted by Crippen LogP contribution is -2.03. The second-order valence-electron chi connectivity index (χ2n) is 4.49. The lowest BCUT2D eigenvalue weighted by Gasteiger charge is -2.08. The summed E-state index contributed by atoms with van der Waals surface area (Å²) in [6, 6.07) is 9.50. The lowest BCUT2D eigenvalue weighted by atomic mass is 10.3. The first kappa shape index (κ1) is 13.4. The van der Waals surface area contributed by atoms with E-state index in [4.69, 9.17) is 9.84 Å². The molecule has 1 aromatic carbocycles. The third-order valence-corrected chi connectivity index (χ3v) is 3.05. The molecule has 6 heteroatoms. The van der Waals surface area contributed by atoms with Crippen LogP contribution in [0.3, 0.4) is 0 Å². The summed E-state index contributed by atoms with van der Waals surface area (Å²) in [4.78, 5) is 8.43. The third-order valence-electron chi connectivity index (χ3n) is 3.05. The molecule has 6 nitrogen and oxygen atoms in total. The lowest BCUT2D eigenvalue weighted by molar-refractivity contribution is 0.201. The van der Waals surface area contributed by atoms with Crippen molar-refractivity contribution in [3.63, 3.8) is 0 Å². The first-order valence-electron chi connectivity index (χ1n) is 6.71. The Balaban J connectivity index is 1.64. The Labute approximate surface area is 122 Å². The minimum absolute atomic E-state index is 0.0162. The number of rotatable bonds is 6. The maximum Gasteiger partial charge on any atom is 0.233 e. The van der Waals surface area contributed by atoms with Gasteiger partial charge in [-0.1, -0.05) is 0 Å². The zero-order valence-corrected chi connectivity index (χ0v) is 11.4. The van der Waals surface area contributed by atoms with Gasteiger partial charge in [0.2, 0.25) is 5.78 Å². The third kappa shape index (κ3) is 3.11. The number of aliphatic hydroxyl groups is 1. The van der Waals surface area contributed by atoms with Crippen LogP contribution in [0.2, 0.25) is 0 Å². The molecule has 0 radical (unpaired) electrons. The second-order valence-corrected chi connectivity index (χ2v) is 4.49. The number of aromatic nitrogens is 3. The molecule has 0 unspecified atom stereocenters. The average Bonchev–Trinajstić information content (AvgIpc) is 2.95. The number of fused-ring (bicyclic) bond motifs is 1. The van der Waals surface area contributed by atoms with Gasteiger partial charge in [0.1, 0.15) is 12.4 Å². The molecule has 2 aromatic heterocycles. The van der Waals surface area contributed by atoms with Gasteiger partial charge in [-0.15, -0.1) is 0 Å². The number of nitrogens with zero attached hydrogens (tertiary/aromatic N) is 3. The van der Waals surface area contributed by atoms with Gasteiger partial charge in [-0.3, -0.25) is 4.40 Å². The van der Waals surface area contributed by atoms with Crippen LogP contribution in [0.25, 0.3) is 5.78 Å². The number of ether oxygens (including phenoxy) is 1. The summed E-state index contributed by atoms with van der Waals surface area (Å²) < 4.78 is 7.27. The highest BCUT2D eigenvalue weighted by molar-refractivity contribution is 5.46. The Morgan fingerprint density at radius 1 is 1.19 bits per heavy atom. The molecule has 2 N–H and O–H groups in total. The van der Waals surface area contributed by atoms with Crippen molar-refractivity contribution in [2.24, 2.45) is 0 Å². The number of hydrogen-bond acceptors (Lipinski definition) is 5. The van der Waals surface area contributed by atoms with Crippen LogP contribution in [0.1, 0.15) is 5.69 Å².